The summed E-state index contributed by atoms with van der Waals surface area (Å²) in [5.74, 6) is -0.290. The van der Waals surface area contributed by atoms with Crippen LogP contribution in [-0.2, 0) is 27.5 Å². The third-order valence-corrected chi connectivity index (χ3v) is 10.5. The highest BCUT2D eigenvalue weighted by Crippen LogP contribution is 2.36. The van der Waals surface area contributed by atoms with Crippen molar-refractivity contribution >= 4 is 40.8 Å². The number of ether oxygens (including phenoxy) is 2. The van der Waals surface area contributed by atoms with Crippen LogP contribution >= 0.6 is 11.3 Å². The Balaban J connectivity index is 0.922. The number of hydrogen-bond donors (Lipinski definition) is 3. The van der Waals surface area contributed by atoms with E-state index in [9.17, 15) is 19.5 Å². The summed E-state index contributed by atoms with van der Waals surface area (Å²) < 4.78 is 11.0. The van der Waals surface area contributed by atoms with Crippen LogP contribution in [-0.4, -0.2) is 52.1 Å². The van der Waals surface area contributed by atoms with Crippen molar-refractivity contribution in [3.63, 3.8) is 0 Å². The zero-order valence-electron chi connectivity index (χ0n) is 29.1. The van der Waals surface area contributed by atoms with Crippen LogP contribution in [0.4, 0.5) is 21.0 Å². The number of rotatable bonds is 10. The van der Waals surface area contributed by atoms with Gasteiger partial charge in [-0.3, -0.25) is 14.6 Å². The molecule has 0 bridgehead atoms. The van der Waals surface area contributed by atoms with Crippen LogP contribution in [0.1, 0.15) is 36.8 Å². The van der Waals surface area contributed by atoms with Crippen molar-refractivity contribution in [2.45, 2.75) is 44.9 Å². The number of likely N-dealkylation sites (tertiary alicyclic amines) is 2. The van der Waals surface area contributed by atoms with Gasteiger partial charge in [0, 0.05) is 34.2 Å². The van der Waals surface area contributed by atoms with Gasteiger partial charge in [-0.05, 0) is 84.3 Å². The number of benzene rings is 4. The third kappa shape index (κ3) is 8.70. The van der Waals surface area contributed by atoms with Crippen LogP contribution < -0.4 is 10.6 Å². The second-order valence-corrected chi connectivity index (χ2v) is 14.0. The Morgan fingerprint density at radius 3 is 1.79 bits per heavy atom. The molecular weight excluding hydrogens is 689 g/mol. The number of carbonyl (C=O) groups is 3. The Morgan fingerprint density at radius 2 is 1.21 bits per heavy atom. The van der Waals surface area contributed by atoms with Crippen molar-refractivity contribution in [3.05, 3.63) is 144 Å². The molecule has 2 fully saturated rings. The molecule has 2 aliphatic heterocycles. The number of allylic oxidation sites excluding steroid dienone is 1. The first-order valence-electron chi connectivity index (χ1n) is 17.7. The molecule has 53 heavy (non-hydrogen) atoms. The lowest BCUT2D eigenvalue weighted by atomic mass is 10.1. The Hall–Kier alpha value is -6.07. The minimum Gasteiger partial charge on any atom is -0.493 e. The van der Waals surface area contributed by atoms with Gasteiger partial charge in [-0.25, -0.2) is 9.59 Å². The fraction of sp³-hybridized carbons (Fsp3) is 0.214. The van der Waals surface area contributed by atoms with E-state index in [-0.39, 0.29) is 25.0 Å². The van der Waals surface area contributed by atoms with Gasteiger partial charge in [-0.2, -0.15) is 0 Å². The van der Waals surface area contributed by atoms with Crippen molar-refractivity contribution in [1.82, 2.24) is 9.80 Å². The molecule has 1 atom stereocenters. The first-order chi connectivity index (χ1) is 25.9. The van der Waals surface area contributed by atoms with E-state index in [2.05, 4.69) is 22.8 Å². The van der Waals surface area contributed by atoms with Crippen molar-refractivity contribution in [2.75, 3.05) is 23.7 Å². The zero-order chi connectivity index (χ0) is 36.6. The molecule has 270 valence electrons. The standard InChI is InChI=1S/C42H40N4O6S/c47-39(35-13-7-25-45(35)41(49)51-27-29-9-3-1-4-10-29)43-33-19-15-31(16-20-33)37-23-24-38(53-37)32-17-21-34(22-18-32)44-40(48)36-14-8-26-46(36)42(50)52-28-30-11-5-2-6-12-30/h1-6,9-12,15-24,35,44,48H,7-8,13-14,25-28H2,(H,43,47)/b40-36+/t35-/m0/s1. The normalized spacial score (nSPS) is 16.3. The van der Waals surface area contributed by atoms with Crippen molar-refractivity contribution < 1.29 is 29.0 Å². The van der Waals surface area contributed by atoms with Crippen LogP contribution in [0, 0.1) is 0 Å². The number of carbonyl (C=O) groups excluding carboxylic acids is 3. The van der Waals surface area contributed by atoms with Crippen molar-refractivity contribution in [3.8, 4) is 20.9 Å². The Labute approximate surface area is 312 Å². The highest BCUT2D eigenvalue weighted by atomic mass is 32.1. The van der Waals surface area contributed by atoms with Gasteiger partial charge in [0.2, 0.25) is 11.8 Å². The van der Waals surface area contributed by atoms with Gasteiger partial charge in [0.15, 0.2) is 0 Å². The van der Waals surface area contributed by atoms with Crippen molar-refractivity contribution in [1.29, 1.82) is 0 Å². The molecule has 0 saturated carbocycles. The SMILES string of the molecule is O=C(Nc1ccc(-c2ccc(-c3ccc(N/C(O)=C4/CCCN4C(=O)OCc4ccccc4)cc3)s2)cc1)[C@@H]1CCCN1C(=O)OCc1ccccc1. The summed E-state index contributed by atoms with van der Waals surface area (Å²) in [6, 6.07) is 38.0. The first-order valence-corrected chi connectivity index (χ1v) is 18.5. The van der Waals surface area contributed by atoms with Crippen LogP contribution in [0.2, 0.25) is 0 Å². The number of amides is 3. The molecular formula is C42H40N4O6S. The maximum absolute atomic E-state index is 13.2. The number of nitrogens with zero attached hydrogens (tertiary/aromatic N) is 2. The molecule has 0 spiro atoms. The average Bonchev–Trinajstić information content (AvgIpc) is 4.00. The predicted octanol–water partition coefficient (Wildman–Crippen LogP) is 9.39. The van der Waals surface area contributed by atoms with Crippen LogP contribution in [0.15, 0.2) is 133 Å². The molecule has 0 unspecified atom stereocenters. The van der Waals surface area contributed by atoms with E-state index < -0.39 is 18.2 Å². The Morgan fingerprint density at radius 1 is 0.660 bits per heavy atom. The topological polar surface area (TPSA) is 120 Å². The van der Waals surface area contributed by atoms with E-state index in [0.29, 0.717) is 43.0 Å². The molecule has 1 aromatic heterocycles. The van der Waals surface area contributed by atoms with E-state index in [1.54, 1.807) is 11.3 Å². The summed E-state index contributed by atoms with van der Waals surface area (Å²) >= 11 is 1.65. The quantitative estimate of drug-likeness (QED) is 0.123. The molecule has 3 amide bonds. The lowest BCUT2D eigenvalue weighted by Gasteiger charge is -2.23. The summed E-state index contributed by atoms with van der Waals surface area (Å²) in [7, 11) is 0. The number of aliphatic hydroxyl groups excluding tert-OH is 1. The van der Waals surface area contributed by atoms with Crippen LogP contribution in [0.3, 0.4) is 0 Å². The van der Waals surface area contributed by atoms with Gasteiger partial charge >= 0.3 is 12.2 Å². The van der Waals surface area contributed by atoms with Crippen LogP contribution in [0.5, 0.6) is 0 Å². The van der Waals surface area contributed by atoms with E-state index in [4.69, 9.17) is 9.47 Å². The number of thiophene rings is 1. The summed E-state index contributed by atoms with van der Waals surface area (Å²) in [5, 5.41) is 16.9. The summed E-state index contributed by atoms with van der Waals surface area (Å²) in [4.78, 5) is 43.9. The number of anilines is 2. The number of hydrogen-bond acceptors (Lipinski definition) is 8. The zero-order valence-corrected chi connectivity index (χ0v) is 29.9. The highest BCUT2D eigenvalue weighted by molar-refractivity contribution is 7.18. The lowest BCUT2D eigenvalue weighted by molar-refractivity contribution is -0.120. The number of aliphatic hydroxyl groups is 1. The molecule has 5 aromatic rings. The van der Waals surface area contributed by atoms with E-state index >= 15 is 0 Å². The number of nitrogens with one attached hydrogen (secondary N) is 2. The van der Waals surface area contributed by atoms with Gasteiger partial charge in [-0.1, -0.05) is 84.9 Å². The molecule has 7 rings (SSSR count). The monoisotopic (exact) mass is 728 g/mol. The Bertz CT molecular complexity index is 2070. The summed E-state index contributed by atoms with van der Waals surface area (Å²) in [5.41, 5.74) is 5.71. The molecule has 11 heteroatoms. The molecule has 0 radical (unpaired) electrons. The molecule has 2 saturated heterocycles. The molecule has 3 heterocycles. The van der Waals surface area contributed by atoms with Gasteiger partial charge in [0.05, 0.1) is 5.70 Å². The molecule has 0 aliphatic carbocycles. The maximum Gasteiger partial charge on any atom is 0.414 e. The Kier molecular flexibility index (Phi) is 11.0. The van der Waals surface area contributed by atoms with Gasteiger partial charge in [0.25, 0.3) is 0 Å². The van der Waals surface area contributed by atoms with E-state index in [0.717, 1.165) is 44.8 Å². The second-order valence-electron chi connectivity index (χ2n) is 12.9. The predicted molar refractivity (Wildman–Crippen MR) is 206 cm³/mol. The van der Waals surface area contributed by atoms with Gasteiger partial charge in [0.1, 0.15) is 19.3 Å². The van der Waals surface area contributed by atoms with Crippen molar-refractivity contribution in [2.24, 2.45) is 0 Å². The fourth-order valence-electron chi connectivity index (χ4n) is 6.50. The highest BCUT2D eigenvalue weighted by Gasteiger charge is 2.35. The van der Waals surface area contributed by atoms with E-state index in [1.807, 2.05) is 109 Å². The van der Waals surface area contributed by atoms with Gasteiger partial charge in [-0.15, -0.1) is 11.3 Å². The largest absolute Gasteiger partial charge is 0.493 e. The average molecular weight is 729 g/mol. The van der Waals surface area contributed by atoms with Crippen LogP contribution in [0.25, 0.3) is 20.9 Å². The maximum atomic E-state index is 13.2. The first kappa shape index (κ1) is 35.3. The fourth-order valence-corrected chi connectivity index (χ4v) is 7.51. The lowest BCUT2D eigenvalue weighted by Crippen LogP contribution is -2.43. The third-order valence-electron chi connectivity index (χ3n) is 9.29. The molecule has 4 aromatic carbocycles. The second kappa shape index (κ2) is 16.5. The minimum atomic E-state index is -0.577. The minimum absolute atomic E-state index is 0.0631. The van der Waals surface area contributed by atoms with Gasteiger partial charge < -0.3 is 25.2 Å². The molecule has 2 aliphatic rings. The summed E-state index contributed by atoms with van der Waals surface area (Å²) in [6.45, 7) is 1.30. The summed E-state index contributed by atoms with van der Waals surface area (Å²) in [6.07, 6.45) is 1.67. The molecule has 10 nitrogen and oxygen atoms in total. The smallest absolute Gasteiger partial charge is 0.414 e. The molecule has 3 N–H and O–H groups in total. The van der Waals surface area contributed by atoms with E-state index in [1.165, 1.54) is 9.80 Å².